The lowest BCUT2D eigenvalue weighted by Gasteiger charge is -2.34. The molecule has 10 aromatic rings. The number of hydrogen-bond acceptors (Lipinski definition) is 4. The number of rotatable bonds is 7. The maximum atomic E-state index is 5.29. The average Bonchev–Trinajstić information content (AvgIpc) is 3.77. The molecule has 3 heterocycles. The van der Waals surface area contributed by atoms with Gasteiger partial charge in [-0.05, 0) is 45.0 Å². The first kappa shape index (κ1) is 30.8. The number of hydrogen-bond donors (Lipinski definition) is 0. The normalized spacial score (nSPS) is 11.8. The van der Waals surface area contributed by atoms with Gasteiger partial charge in [-0.3, -0.25) is 4.40 Å². The van der Waals surface area contributed by atoms with Crippen molar-refractivity contribution in [2.24, 2.45) is 0 Å². The fourth-order valence-corrected chi connectivity index (χ4v) is 12.6. The first-order valence-corrected chi connectivity index (χ1v) is 19.7. The Hall–Kier alpha value is -6.96. The van der Waals surface area contributed by atoms with E-state index in [-0.39, 0.29) is 0 Å². The highest BCUT2D eigenvalue weighted by molar-refractivity contribution is 7.19. The van der Waals surface area contributed by atoms with Gasteiger partial charge in [-0.25, -0.2) is 14.5 Å². The maximum absolute atomic E-state index is 5.29. The lowest BCUT2D eigenvalue weighted by Crippen LogP contribution is -2.74. The third kappa shape index (κ3) is 5.01. The zero-order valence-corrected chi connectivity index (χ0v) is 29.7. The van der Waals surface area contributed by atoms with Gasteiger partial charge in [0.25, 0.3) is 0 Å². The van der Waals surface area contributed by atoms with E-state index < -0.39 is 8.07 Å². The van der Waals surface area contributed by atoms with Crippen LogP contribution in [-0.4, -0.2) is 37.0 Å². The summed E-state index contributed by atoms with van der Waals surface area (Å²) in [7, 11) is -2.79. The summed E-state index contributed by atoms with van der Waals surface area (Å²) >= 11 is 0. The summed E-state index contributed by atoms with van der Waals surface area (Å²) < 4.78 is 4.25. The minimum absolute atomic E-state index is 0.512. The summed E-state index contributed by atoms with van der Waals surface area (Å²) in [4.78, 5) is 20.7. The van der Waals surface area contributed by atoms with E-state index in [2.05, 4.69) is 148 Å². The van der Waals surface area contributed by atoms with Gasteiger partial charge in [-0.15, -0.1) is 0 Å². The number of para-hydroxylation sites is 4. The summed E-state index contributed by atoms with van der Waals surface area (Å²) in [5.74, 6) is 2.46. The van der Waals surface area contributed by atoms with Crippen LogP contribution in [0.4, 0.5) is 0 Å². The predicted molar refractivity (Wildman–Crippen MR) is 217 cm³/mol. The average molecular weight is 697 g/mol. The second kappa shape index (κ2) is 12.7. The molecule has 0 spiro atoms. The molecule has 0 fully saturated rings. The van der Waals surface area contributed by atoms with E-state index in [1.54, 1.807) is 0 Å². The van der Waals surface area contributed by atoms with Crippen molar-refractivity contribution in [1.82, 2.24) is 28.9 Å². The molecule has 0 radical (unpaired) electrons. The van der Waals surface area contributed by atoms with E-state index >= 15 is 0 Å². The first-order valence-electron chi connectivity index (χ1n) is 17.7. The molecule has 53 heavy (non-hydrogen) atoms. The van der Waals surface area contributed by atoms with Crippen molar-refractivity contribution in [2.45, 2.75) is 0 Å². The minimum Gasteiger partial charge on any atom is -0.276 e. The van der Waals surface area contributed by atoms with Gasteiger partial charge in [0.1, 0.15) is 0 Å². The maximum Gasteiger partial charge on any atom is 0.241 e. The van der Waals surface area contributed by atoms with Gasteiger partial charge in [0.15, 0.2) is 19.7 Å². The molecular formula is C46H32N6Si. The van der Waals surface area contributed by atoms with E-state index in [0.717, 1.165) is 39.0 Å². The molecule has 0 unspecified atom stereocenters. The monoisotopic (exact) mass is 696 g/mol. The number of benzene rings is 7. The molecule has 3 aromatic heterocycles. The van der Waals surface area contributed by atoms with Crippen LogP contribution in [0.15, 0.2) is 194 Å². The quantitative estimate of drug-likeness (QED) is 0.129. The van der Waals surface area contributed by atoms with Gasteiger partial charge in [-0.2, -0.15) is 9.97 Å². The lowest BCUT2D eigenvalue weighted by atomic mass is 10.2. The molecule has 0 aliphatic rings. The van der Waals surface area contributed by atoms with E-state index in [0.29, 0.717) is 17.6 Å². The van der Waals surface area contributed by atoms with Gasteiger partial charge >= 0.3 is 0 Å². The second-order valence-electron chi connectivity index (χ2n) is 13.1. The fraction of sp³-hybridized carbons (Fsp3) is 0. The largest absolute Gasteiger partial charge is 0.276 e. The van der Waals surface area contributed by atoms with Crippen LogP contribution >= 0.6 is 0 Å². The van der Waals surface area contributed by atoms with Crippen molar-refractivity contribution in [3.63, 3.8) is 0 Å². The highest BCUT2D eigenvalue weighted by Crippen LogP contribution is 2.30. The first-order chi connectivity index (χ1) is 26.3. The summed E-state index contributed by atoms with van der Waals surface area (Å²) in [6.45, 7) is 0. The Morgan fingerprint density at radius 2 is 0.830 bits per heavy atom. The van der Waals surface area contributed by atoms with Crippen LogP contribution in [0, 0.1) is 0 Å². The summed E-state index contributed by atoms with van der Waals surface area (Å²) in [5, 5.41) is 5.17. The topological polar surface area (TPSA) is 60.9 Å². The third-order valence-corrected chi connectivity index (χ3v) is 14.9. The van der Waals surface area contributed by atoms with E-state index in [1.807, 2.05) is 54.6 Å². The van der Waals surface area contributed by atoms with Crippen molar-refractivity contribution < 1.29 is 0 Å². The zero-order chi connectivity index (χ0) is 35.2. The van der Waals surface area contributed by atoms with Crippen LogP contribution in [0.2, 0.25) is 0 Å². The molecule has 0 saturated carbocycles. The van der Waals surface area contributed by atoms with Crippen molar-refractivity contribution in [2.75, 3.05) is 0 Å². The summed E-state index contributed by atoms with van der Waals surface area (Å²) in [6.07, 6.45) is 0. The Kier molecular flexibility index (Phi) is 7.37. The molecule has 6 nitrogen and oxygen atoms in total. The van der Waals surface area contributed by atoms with Crippen LogP contribution in [0.3, 0.4) is 0 Å². The molecule has 0 atom stereocenters. The minimum atomic E-state index is -2.79. The van der Waals surface area contributed by atoms with Crippen LogP contribution in [-0.2, 0) is 0 Å². The van der Waals surface area contributed by atoms with Gasteiger partial charge in [0.05, 0.1) is 22.1 Å². The summed E-state index contributed by atoms with van der Waals surface area (Å²) in [5.41, 5.74) is 5.78. The van der Waals surface area contributed by atoms with Gasteiger partial charge < -0.3 is 0 Å². The highest BCUT2D eigenvalue weighted by Gasteiger charge is 2.41. The molecule has 0 saturated heterocycles. The molecule has 7 aromatic carbocycles. The van der Waals surface area contributed by atoms with Crippen LogP contribution in [0.5, 0.6) is 0 Å². The van der Waals surface area contributed by atoms with Crippen LogP contribution in [0.1, 0.15) is 0 Å². The number of fused-ring (bicyclic) bond motifs is 5. The van der Waals surface area contributed by atoms with Crippen molar-refractivity contribution >= 4 is 56.7 Å². The number of imidazole rings is 2. The molecular weight excluding hydrogens is 665 g/mol. The zero-order valence-electron chi connectivity index (χ0n) is 28.7. The Morgan fingerprint density at radius 1 is 0.358 bits per heavy atom. The highest BCUT2D eigenvalue weighted by atomic mass is 28.3. The Bertz CT molecular complexity index is 2790. The number of aromatic nitrogens is 6. The summed E-state index contributed by atoms with van der Waals surface area (Å²) in [6, 6.07) is 68.4. The van der Waals surface area contributed by atoms with E-state index in [9.17, 15) is 0 Å². The van der Waals surface area contributed by atoms with Gasteiger partial charge in [0.2, 0.25) is 11.7 Å². The van der Waals surface area contributed by atoms with Crippen LogP contribution < -0.4 is 20.7 Å². The molecule has 10 rings (SSSR count). The smallest absolute Gasteiger partial charge is 0.241 e. The van der Waals surface area contributed by atoms with Gasteiger partial charge in [-0.1, -0.05) is 170 Å². The van der Waals surface area contributed by atoms with E-state index in [4.69, 9.17) is 19.9 Å². The third-order valence-electron chi connectivity index (χ3n) is 10.1. The van der Waals surface area contributed by atoms with Crippen LogP contribution in [0.25, 0.3) is 56.6 Å². The Balaban J connectivity index is 1.25. The molecule has 0 aliphatic carbocycles. The molecule has 250 valence electrons. The predicted octanol–water partition coefficient (Wildman–Crippen LogP) is 7.33. The Labute approximate surface area is 307 Å². The molecule has 0 bridgehead atoms. The number of nitrogens with zero attached hydrogens (tertiary/aromatic N) is 6. The lowest BCUT2D eigenvalue weighted by molar-refractivity contribution is 0.937. The molecule has 0 N–H and O–H groups in total. The molecule has 7 heteroatoms. The van der Waals surface area contributed by atoms with E-state index in [1.165, 1.54) is 20.7 Å². The molecule has 0 aliphatic heterocycles. The fourth-order valence-electron chi connectivity index (χ4n) is 7.81. The second-order valence-corrected chi connectivity index (χ2v) is 16.9. The van der Waals surface area contributed by atoms with Gasteiger partial charge in [0, 0.05) is 11.1 Å². The van der Waals surface area contributed by atoms with Crippen molar-refractivity contribution in [3.05, 3.63) is 194 Å². The standard InChI is InChI=1S/C46H32N6Si/c1-5-18-33(19-6-1)43-48-44(50-45(49-43)52-42-31-16-15-30-41(42)51-40-29-14-13-28-39(40)47-46(51)52)34-20-17-27-38(32-34)53(35-21-7-2-8-22-35,36-23-9-3-10-24-36)37-25-11-4-12-26-37/h1-32H. The molecule has 0 amide bonds. The van der Waals surface area contributed by atoms with Crippen molar-refractivity contribution in [1.29, 1.82) is 0 Å². The van der Waals surface area contributed by atoms with Crippen molar-refractivity contribution in [3.8, 4) is 28.7 Å². The Morgan fingerprint density at radius 3 is 1.45 bits per heavy atom. The SMILES string of the molecule is c1ccc(-c2nc(-c3cccc([Si](c4ccccc4)(c4ccccc4)c4ccccc4)c3)nc(-n3c4ccccc4n4c5ccccc5nc34)n2)cc1.